The molecule has 0 N–H and O–H groups in total. The number of thiophene rings is 1. The predicted molar refractivity (Wildman–Crippen MR) is 94.6 cm³/mol. The van der Waals surface area contributed by atoms with Crippen LogP contribution in [0.1, 0.15) is 20.3 Å². The molecule has 0 saturated carbocycles. The van der Waals surface area contributed by atoms with Crippen molar-refractivity contribution in [3.8, 4) is 0 Å². The van der Waals surface area contributed by atoms with E-state index in [1.165, 1.54) is 15.6 Å². The van der Waals surface area contributed by atoms with Gasteiger partial charge >= 0.3 is 0 Å². The van der Waals surface area contributed by atoms with Crippen molar-refractivity contribution in [2.75, 3.05) is 32.7 Å². The molecule has 9 heteroatoms. The smallest absolute Gasteiger partial charge is 0.252 e. The van der Waals surface area contributed by atoms with Crippen molar-refractivity contribution in [2.45, 2.75) is 30.5 Å². The van der Waals surface area contributed by atoms with Crippen LogP contribution in [-0.2, 0) is 19.6 Å². The first-order chi connectivity index (χ1) is 11.8. The normalized spacial score (nSPS) is 22.8. The lowest BCUT2D eigenvalue weighted by Crippen LogP contribution is -2.52. The number of carbonyl (C=O) groups is 2. The van der Waals surface area contributed by atoms with Gasteiger partial charge in [-0.2, -0.15) is 4.31 Å². The molecule has 1 aromatic rings. The molecule has 0 bridgehead atoms. The molecule has 0 radical (unpaired) electrons. The van der Waals surface area contributed by atoms with Crippen LogP contribution in [0.5, 0.6) is 0 Å². The van der Waals surface area contributed by atoms with Crippen molar-refractivity contribution in [2.24, 2.45) is 5.92 Å². The summed E-state index contributed by atoms with van der Waals surface area (Å²) >= 11 is 1.20. The number of amides is 2. The van der Waals surface area contributed by atoms with Crippen molar-refractivity contribution in [3.05, 3.63) is 17.5 Å². The Hall–Kier alpha value is -1.45. The summed E-state index contributed by atoms with van der Waals surface area (Å²) in [5, 5.41) is 1.74. The van der Waals surface area contributed by atoms with Gasteiger partial charge in [-0.25, -0.2) is 8.42 Å². The fraction of sp³-hybridized carbons (Fsp3) is 0.625. The van der Waals surface area contributed by atoms with E-state index in [1.807, 2.05) is 13.8 Å². The molecule has 2 amide bonds. The molecular weight excluding hydrogens is 362 g/mol. The number of carbonyl (C=O) groups excluding carboxylic acids is 2. The molecular formula is C16H23N3O4S2. The summed E-state index contributed by atoms with van der Waals surface area (Å²) in [7, 11) is -3.46. The summed E-state index contributed by atoms with van der Waals surface area (Å²) in [5.74, 6) is -0.327. The van der Waals surface area contributed by atoms with Crippen molar-refractivity contribution in [3.63, 3.8) is 0 Å². The second-order valence-electron chi connectivity index (χ2n) is 6.70. The highest BCUT2D eigenvalue weighted by atomic mass is 32.2. The zero-order valence-electron chi connectivity index (χ0n) is 14.4. The highest BCUT2D eigenvalue weighted by Crippen LogP contribution is 2.25. The monoisotopic (exact) mass is 385 g/mol. The maximum absolute atomic E-state index is 12.7. The molecule has 3 rings (SSSR count). The fourth-order valence-electron chi connectivity index (χ4n) is 3.34. The number of likely N-dealkylation sites (tertiary alicyclic amines) is 1. The van der Waals surface area contributed by atoms with Crippen molar-refractivity contribution >= 4 is 33.2 Å². The quantitative estimate of drug-likeness (QED) is 0.769. The van der Waals surface area contributed by atoms with Crippen LogP contribution in [0.4, 0.5) is 0 Å². The topological polar surface area (TPSA) is 78.0 Å². The van der Waals surface area contributed by atoms with E-state index in [0.717, 1.165) is 0 Å². The lowest BCUT2D eigenvalue weighted by atomic mass is 10.1. The lowest BCUT2D eigenvalue weighted by Gasteiger charge is -2.35. The fourth-order valence-corrected chi connectivity index (χ4v) is 5.91. The lowest BCUT2D eigenvalue weighted by molar-refractivity contribution is -0.137. The van der Waals surface area contributed by atoms with Crippen LogP contribution in [0.15, 0.2) is 21.7 Å². The maximum Gasteiger partial charge on any atom is 0.252 e. The molecule has 2 aliphatic rings. The van der Waals surface area contributed by atoms with Crippen LogP contribution in [0, 0.1) is 5.92 Å². The van der Waals surface area contributed by atoms with Gasteiger partial charge in [-0.3, -0.25) is 9.59 Å². The SMILES string of the molecule is CC(C)N1CC(C(=O)N2CCN(S(=O)(=O)c3cccs3)CC2)CC1=O. The maximum atomic E-state index is 12.7. The molecule has 0 aromatic carbocycles. The van der Waals surface area contributed by atoms with E-state index in [0.29, 0.717) is 36.9 Å². The molecule has 0 spiro atoms. The van der Waals surface area contributed by atoms with Crippen LogP contribution in [0.3, 0.4) is 0 Å². The Labute approximate surface area is 152 Å². The van der Waals surface area contributed by atoms with E-state index < -0.39 is 10.0 Å². The van der Waals surface area contributed by atoms with Gasteiger partial charge in [0.15, 0.2) is 0 Å². The molecule has 1 unspecified atom stereocenters. The minimum Gasteiger partial charge on any atom is -0.340 e. The van der Waals surface area contributed by atoms with Gasteiger partial charge in [0.1, 0.15) is 4.21 Å². The minimum atomic E-state index is -3.46. The zero-order valence-corrected chi connectivity index (χ0v) is 16.1. The molecule has 3 heterocycles. The Balaban J connectivity index is 1.59. The number of piperazine rings is 1. The number of sulfonamides is 1. The molecule has 7 nitrogen and oxygen atoms in total. The largest absolute Gasteiger partial charge is 0.340 e. The van der Waals surface area contributed by atoms with Crippen molar-refractivity contribution in [1.82, 2.24) is 14.1 Å². The molecule has 138 valence electrons. The zero-order chi connectivity index (χ0) is 18.2. The van der Waals surface area contributed by atoms with E-state index >= 15 is 0 Å². The summed E-state index contributed by atoms with van der Waals surface area (Å²) < 4.78 is 26.8. The van der Waals surface area contributed by atoms with Gasteiger partial charge in [-0.15, -0.1) is 11.3 Å². The summed E-state index contributed by atoms with van der Waals surface area (Å²) in [6.07, 6.45) is 0.255. The average Bonchev–Trinajstić information content (AvgIpc) is 3.24. The Morgan fingerprint density at radius 1 is 1.24 bits per heavy atom. The second kappa shape index (κ2) is 7.05. The molecule has 2 saturated heterocycles. The van der Waals surface area contributed by atoms with Crippen LogP contribution in [-0.4, -0.2) is 73.1 Å². The molecule has 25 heavy (non-hydrogen) atoms. The van der Waals surface area contributed by atoms with Crippen LogP contribution in [0.2, 0.25) is 0 Å². The average molecular weight is 386 g/mol. The van der Waals surface area contributed by atoms with Gasteiger partial charge in [-0.1, -0.05) is 6.07 Å². The minimum absolute atomic E-state index is 0.0206. The molecule has 2 fully saturated rings. The van der Waals surface area contributed by atoms with Gasteiger partial charge in [0.05, 0.1) is 5.92 Å². The third kappa shape index (κ3) is 3.58. The summed E-state index contributed by atoms with van der Waals surface area (Å²) in [6.45, 7) is 5.67. The number of hydrogen-bond donors (Lipinski definition) is 0. The van der Waals surface area contributed by atoms with Crippen molar-refractivity contribution in [1.29, 1.82) is 0 Å². The van der Waals surface area contributed by atoms with Crippen LogP contribution in [0.25, 0.3) is 0 Å². The summed E-state index contributed by atoms with van der Waals surface area (Å²) in [4.78, 5) is 28.1. The van der Waals surface area contributed by atoms with E-state index in [2.05, 4.69) is 0 Å². The van der Waals surface area contributed by atoms with Gasteiger partial charge in [0.2, 0.25) is 11.8 Å². The first-order valence-corrected chi connectivity index (χ1v) is 10.7. The first-order valence-electron chi connectivity index (χ1n) is 8.42. The van der Waals surface area contributed by atoms with Gasteiger partial charge in [0, 0.05) is 45.2 Å². The Morgan fingerprint density at radius 3 is 2.44 bits per heavy atom. The predicted octanol–water partition coefficient (Wildman–Crippen LogP) is 0.838. The first kappa shape index (κ1) is 18.3. The van der Waals surface area contributed by atoms with Gasteiger partial charge in [-0.05, 0) is 25.3 Å². The summed E-state index contributed by atoms with van der Waals surface area (Å²) in [5.41, 5.74) is 0. The number of nitrogens with zero attached hydrogens (tertiary/aromatic N) is 3. The van der Waals surface area contributed by atoms with Crippen LogP contribution < -0.4 is 0 Å². The van der Waals surface area contributed by atoms with Crippen molar-refractivity contribution < 1.29 is 18.0 Å². The standard InChI is InChI=1S/C16H23N3O4S2/c1-12(2)19-11-13(10-14(19)20)16(21)17-5-7-18(8-6-17)25(22,23)15-4-3-9-24-15/h3-4,9,12-13H,5-8,10-11H2,1-2H3. The Kier molecular flexibility index (Phi) is 5.17. The highest BCUT2D eigenvalue weighted by Gasteiger charge is 2.39. The van der Waals surface area contributed by atoms with Crippen LogP contribution >= 0.6 is 11.3 Å². The van der Waals surface area contributed by atoms with E-state index in [-0.39, 0.29) is 30.2 Å². The molecule has 2 aliphatic heterocycles. The summed E-state index contributed by atoms with van der Waals surface area (Å²) in [6, 6.07) is 3.41. The van der Waals surface area contributed by atoms with E-state index in [4.69, 9.17) is 0 Å². The Bertz CT molecular complexity index is 737. The number of rotatable bonds is 4. The van der Waals surface area contributed by atoms with E-state index in [9.17, 15) is 18.0 Å². The molecule has 1 atom stereocenters. The Morgan fingerprint density at radius 2 is 1.92 bits per heavy atom. The van der Waals surface area contributed by atoms with Gasteiger partial charge in [0.25, 0.3) is 10.0 Å². The third-order valence-electron chi connectivity index (χ3n) is 4.77. The highest BCUT2D eigenvalue weighted by molar-refractivity contribution is 7.91. The van der Waals surface area contributed by atoms with E-state index in [1.54, 1.807) is 27.3 Å². The van der Waals surface area contributed by atoms with Gasteiger partial charge < -0.3 is 9.80 Å². The number of hydrogen-bond acceptors (Lipinski definition) is 5. The molecule has 0 aliphatic carbocycles. The second-order valence-corrected chi connectivity index (χ2v) is 9.81. The third-order valence-corrected chi connectivity index (χ3v) is 8.04. The molecule has 1 aromatic heterocycles.